The molecule has 0 saturated carbocycles. The molecule has 0 fully saturated rings. The molecule has 0 aliphatic rings. The quantitative estimate of drug-likeness (QED) is 0.769. The van der Waals surface area contributed by atoms with Gasteiger partial charge in [0, 0.05) is 29.8 Å². The van der Waals surface area contributed by atoms with Crippen LogP contribution < -0.4 is 4.74 Å². The van der Waals surface area contributed by atoms with Gasteiger partial charge in [0.15, 0.2) is 0 Å². The third-order valence-corrected chi connectivity index (χ3v) is 3.52. The van der Waals surface area contributed by atoms with Crippen molar-refractivity contribution in [3.63, 3.8) is 0 Å². The van der Waals surface area contributed by atoms with E-state index in [0.717, 1.165) is 16.7 Å². The fraction of sp³-hybridized carbons (Fsp3) is 0.333. The van der Waals surface area contributed by atoms with Crippen molar-refractivity contribution in [2.45, 2.75) is 46.1 Å². The van der Waals surface area contributed by atoms with Crippen LogP contribution in [0.2, 0.25) is 0 Å². The van der Waals surface area contributed by atoms with Crippen LogP contribution in [0.25, 0.3) is 0 Å². The minimum Gasteiger partial charge on any atom is -0.475 e. The second kappa shape index (κ2) is 8.31. The molecule has 0 bridgehead atoms. The maximum atomic E-state index is 11.2. The van der Waals surface area contributed by atoms with Gasteiger partial charge in [0.05, 0.1) is 6.10 Å². The molecule has 0 spiro atoms. The molecule has 1 aromatic carbocycles. The molecular weight excluding hydrogens is 298 g/mol. The van der Waals surface area contributed by atoms with Crippen LogP contribution in [0, 0.1) is 11.8 Å². The number of benzene rings is 1. The van der Waals surface area contributed by atoms with Crippen molar-refractivity contribution in [1.29, 1.82) is 0 Å². The van der Waals surface area contributed by atoms with Gasteiger partial charge < -0.3 is 9.53 Å². The van der Waals surface area contributed by atoms with E-state index in [4.69, 9.17) is 4.74 Å². The lowest BCUT2D eigenvalue weighted by molar-refractivity contribution is -0.117. The lowest BCUT2D eigenvalue weighted by Gasteiger charge is -2.09. The van der Waals surface area contributed by atoms with Gasteiger partial charge in [0.2, 0.25) is 5.88 Å². The number of Topliss-reactive ketones (excluding diaryl/α,β-unsaturated/α-hetero) is 1. The van der Waals surface area contributed by atoms with Crippen LogP contribution in [0.5, 0.6) is 5.88 Å². The van der Waals surface area contributed by atoms with E-state index in [2.05, 4.69) is 23.7 Å². The van der Waals surface area contributed by atoms with Gasteiger partial charge >= 0.3 is 0 Å². The van der Waals surface area contributed by atoms with Crippen LogP contribution >= 0.6 is 0 Å². The summed E-state index contributed by atoms with van der Waals surface area (Å²) >= 11 is 0. The molecule has 124 valence electrons. The van der Waals surface area contributed by atoms with E-state index >= 15 is 0 Å². The van der Waals surface area contributed by atoms with E-state index in [9.17, 15) is 4.79 Å². The van der Waals surface area contributed by atoms with Gasteiger partial charge in [0.25, 0.3) is 0 Å². The number of rotatable bonds is 5. The summed E-state index contributed by atoms with van der Waals surface area (Å²) in [6.07, 6.45) is 2.40. The van der Waals surface area contributed by atoms with Crippen molar-refractivity contribution in [3.8, 4) is 17.7 Å². The molecule has 0 radical (unpaired) electrons. The number of carbonyl (C=O) groups is 1. The topological polar surface area (TPSA) is 39.2 Å². The Balaban J connectivity index is 2.04. The van der Waals surface area contributed by atoms with Crippen LogP contribution in [0.15, 0.2) is 42.6 Å². The smallest absolute Gasteiger partial charge is 0.213 e. The van der Waals surface area contributed by atoms with E-state index in [1.807, 2.05) is 50.2 Å². The van der Waals surface area contributed by atoms with Crippen LogP contribution in [-0.4, -0.2) is 16.9 Å². The number of hydrogen-bond acceptors (Lipinski definition) is 3. The lowest BCUT2D eigenvalue weighted by atomic mass is 9.95. The monoisotopic (exact) mass is 321 g/mol. The lowest BCUT2D eigenvalue weighted by Crippen LogP contribution is -2.06. The summed E-state index contributed by atoms with van der Waals surface area (Å²) in [5.74, 6) is 7.29. The average molecular weight is 321 g/mol. The molecule has 3 nitrogen and oxygen atoms in total. The number of aromatic nitrogens is 1. The minimum absolute atomic E-state index is 0.110. The van der Waals surface area contributed by atoms with E-state index in [1.54, 1.807) is 13.1 Å². The molecule has 2 rings (SSSR count). The molecule has 0 amide bonds. The summed E-state index contributed by atoms with van der Waals surface area (Å²) in [6, 6.07) is 11.8. The molecule has 0 saturated heterocycles. The van der Waals surface area contributed by atoms with Gasteiger partial charge in [0.1, 0.15) is 5.78 Å². The highest BCUT2D eigenvalue weighted by atomic mass is 16.5. The maximum Gasteiger partial charge on any atom is 0.213 e. The van der Waals surface area contributed by atoms with Crippen LogP contribution in [0.3, 0.4) is 0 Å². The van der Waals surface area contributed by atoms with Crippen molar-refractivity contribution in [2.24, 2.45) is 0 Å². The Morgan fingerprint density at radius 2 is 1.67 bits per heavy atom. The number of ketones is 1. The summed E-state index contributed by atoms with van der Waals surface area (Å²) in [5.41, 5.74) is 2.95. The molecule has 0 aliphatic carbocycles. The number of hydrogen-bond donors (Lipinski definition) is 0. The van der Waals surface area contributed by atoms with Gasteiger partial charge in [-0.25, -0.2) is 4.98 Å². The third-order valence-electron chi connectivity index (χ3n) is 3.52. The first-order valence-corrected chi connectivity index (χ1v) is 8.18. The SMILES string of the molecule is CC(=O)CC(C)c1ccc(C#Cc2ccc(OC(C)C)nc2)cc1. The first-order chi connectivity index (χ1) is 11.4. The second-order valence-corrected chi connectivity index (χ2v) is 6.23. The summed E-state index contributed by atoms with van der Waals surface area (Å²) in [7, 11) is 0. The zero-order chi connectivity index (χ0) is 17.5. The molecule has 1 unspecified atom stereocenters. The third kappa shape index (κ3) is 5.55. The standard InChI is InChI=1S/C21H23NO2/c1-15(2)24-21-12-9-19(14-22-21)6-5-18-7-10-20(11-8-18)16(3)13-17(4)23/h7-12,14-16H,13H2,1-4H3. The fourth-order valence-electron chi connectivity index (χ4n) is 2.35. The molecule has 0 N–H and O–H groups in total. The van der Waals surface area contributed by atoms with E-state index in [1.165, 1.54) is 0 Å². The molecule has 0 aliphatic heterocycles. The Morgan fingerprint density at radius 1 is 1.04 bits per heavy atom. The minimum atomic E-state index is 0.110. The van der Waals surface area contributed by atoms with Crippen molar-refractivity contribution in [2.75, 3.05) is 0 Å². The van der Waals surface area contributed by atoms with Crippen molar-refractivity contribution >= 4 is 5.78 Å². The largest absolute Gasteiger partial charge is 0.475 e. The summed E-state index contributed by atoms with van der Waals surface area (Å²) in [5, 5.41) is 0. The molecule has 1 heterocycles. The van der Waals surface area contributed by atoms with Crippen LogP contribution in [0.1, 0.15) is 56.7 Å². The number of pyridine rings is 1. The van der Waals surface area contributed by atoms with Gasteiger partial charge in [-0.2, -0.15) is 0 Å². The van der Waals surface area contributed by atoms with Crippen LogP contribution in [0.4, 0.5) is 0 Å². The number of nitrogens with zero attached hydrogens (tertiary/aromatic N) is 1. The molecular formula is C21H23NO2. The fourth-order valence-corrected chi connectivity index (χ4v) is 2.35. The first-order valence-electron chi connectivity index (χ1n) is 8.18. The zero-order valence-corrected chi connectivity index (χ0v) is 14.7. The van der Waals surface area contributed by atoms with Gasteiger partial charge in [-0.1, -0.05) is 30.9 Å². The predicted molar refractivity (Wildman–Crippen MR) is 96.1 cm³/mol. The highest BCUT2D eigenvalue weighted by molar-refractivity contribution is 5.76. The molecule has 3 heteroatoms. The average Bonchev–Trinajstić information content (AvgIpc) is 2.53. The highest BCUT2D eigenvalue weighted by Crippen LogP contribution is 2.19. The Hall–Kier alpha value is -2.60. The van der Waals surface area contributed by atoms with Crippen molar-refractivity contribution in [1.82, 2.24) is 4.98 Å². The Bertz CT molecular complexity index is 734. The number of carbonyl (C=O) groups excluding carboxylic acids is 1. The maximum absolute atomic E-state index is 11.2. The Morgan fingerprint density at radius 3 is 2.21 bits per heavy atom. The number of ether oxygens (including phenoxy) is 1. The van der Waals surface area contributed by atoms with Gasteiger partial charge in [-0.15, -0.1) is 0 Å². The van der Waals surface area contributed by atoms with E-state index in [0.29, 0.717) is 12.3 Å². The van der Waals surface area contributed by atoms with Gasteiger partial charge in [-0.05, 0) is 50.5 Å². The van der Waals surface area contributed by atoms with Gasteiger partial charge in [-0.3, -0.25) is 0 Å². The van der Waals surface area contributed by atoms with E-state index in [-0.39, 0.29) is 17.8 Å². The second-order valence-electron chi connectivity index (χ2n) is 6.23. The van der Waals surface area contributed by atoms with E-state index < -0.39 is 0 Å². The first kappa shape index (κ1) is 17.7. The van der Waals surface area contributed by atoms with Crippen molar-refractivity contribution in [3.05, 3.63) is 59.3 Å². The van der Waals surface area contributed by atoms with Crippen molar-refractivity contribution < 1.29 is 9.53 Å². The summed E-state index contributed by atoms with van der Waals surface area (Å²) in [4.78, 5) is 15.4. The van der Waals surface area contributed by atoms with Crippen LogP contribution in [-0.2, 0) is 4.79 Å². The Labute approximate surface area is 144 Å². The normalized spacial score (nSPS) is 11.5. The predicted octanol–water partition coefficient (Wildman–Crippen LogP) is 4.35. The molecule has 1 aromatic heterocycles. The summed E-state index contributed by atoms with van der Waals surface area (Å²) in [6.45, 7) is 7.63. The Kier molecular flexibility index (Phi) is 6.14. The molecule has 2 aromatic rings. The molecule has 1 atom stereocenters. The highest BCUT2D eigenvalue weighted by Gasteiger charge is 2.07. The molecule has 24 heavy (non-hydrogen) atoms. The zero-order valence-electron chi connectivity index (χ0n) is 14.7. The summed E-state index contributed by atoms with van der Waals surface area (Å²) < 4.78 is 5.51.